The molecule has 0 aromatic heterocycles. The van der Waals surface area contributed by atoms with Crippen LogP contribution in [-0.4, -0.2) is 12.4 Å². The van der Waals surface area contributed by atoms with Crippen LogP contribution in [-0.2, 0) is 0 Å². The minimum Gasteiger partial charge on any atom is -0.406 e. The molecule has 0 bridgehead atoms. The van der Waals surface area contributed by atoms with Crippen molar-refractivity contribution >= 4 is 0 Å². The van der Waals surface area contributed by atoms with Gasteiger partial charge in [0.2, 0.25) is 0 Å². The second-order valence-electron chi connectivity index (χ2n) is 5.84. The first-order chi connectivity index (χ1) is 9.85. The van der Waals surface area contributed by atoms with E-state index in [9.17, 15) is 13.2 Å². The number of halogens is 3. The molecule has 1 N–H and O–H groups in total. The molecule has 2 nitrogen and oxygen atoms in total. The molecule has 1 aromatic rings. The van der Waals surface area contributed by atoms with Gasteiger partial charge in [-0.15, -0.1) is 13.2 Å². The Bertz CT molecular complexity index is 438. The molecule has 0 aliphatic heterocycles. The van der Waals surface area contributed by atoms with Crippen molar-refractivity contribution in [2.24, 2.45) is 5.92 Å². The highest BCUT2D eigenvalue weighted by Gasteiger charge is 2.31. The number of hydrogen-bond acceptors (Lipinski definition) is 2. The molecule has 1 unspecified atom stereocenters. The summed E-state index contributed by atoms with van der Waals surface area (Å²) in [6.07, 6.45) is 0.490. The monoisotopic (exact) mass is 301 g/mol. The van der Waals surface area contributed by atoms with Gasteiger partial charge in [-0.1, -0.05) is 25.0 Å². The molecule has 0 heterocycles. The molecule has 1 fully saturated rings. The summed E-state index contributed by atoms with van der Waals surface area (Å²) < 4.78 is 40.2. The minimum absolute atomic E-state index is 0.112. The number of alkyl halides is 3. The maximum absolute atomic E-state index is 12.1. The Morgan fingerprint density at radius 1 is 1.10 bits per heavy atom. The second-order valence-corrected chi connectivity index (χ2v) is 5.84. The van der Waals surface area contributed by atoms with Gasteiger partial charge >= 0.3 is 6.36 Å². The molecule has 1 saturated carbocycles. The van der Waals surface area contributed by atoms with Gasteiger partial charge in [0, 0.05) is 12.1 Å². The van der Waals surface area contributed by atoms with Crippen molar-refractivity contribution in [3.8, 4) is 5.75 Å². The third kappa shape index (κ3) is 4.92. The lowest BCUT2D eigenvalue weighted by molar-refractivity contribution is -0.274. The van der Waals surface area contributed by atoms with Gasteiger partial charge in [0.1, 0.15) is 5.75 Å². The van der Waals surface area contributed by atoms with Gasteiger partial charge in [-0.2, -0.15) is 0 Å². The molecule has 1 aliphatic rings. The topological polar surface area (TPSA) is 21.3 Å². The molecule has 118 valence electrons. The van der Waals surface area contributed by atoms with E-state index in [1.165, 1.54) is 37.8 Å². The minimum atomic E-state index is -4.64. The van der Waals surface area contributed by atoms with Crippen LogP contribution in [0.25, 0.3) is 0 Å². The SMILES string of the molecule is CC(N[C@H](C)C1CCCC1)c1ccc(OC(F)(F)F)cc1. The summed E-state index contributed by atoms with van der Waals surface area (Å²) in [6, 6.07) is 6.62. The maximum Gasteiger partial charge on any atom is 0.573 e. The summed E-state index contributed by atoms with van der Waals surface area (Å²) in [7, 11) is 0. The fraction of sp³-hybridized carbons (Fsp3) is 0.625. The van der Waals surface area contributed by atoms with Crippen LogP contribution in [0, 0.1) is 5.92 Å². The van der Waals surface area contributed by atoms with Gasteiger partial charge in [-0.3, -0.25) is 0 Å². The lowest BCUT2D eigenvalue weighted by Crippen LogP contribution is -2.34. The van der Waals surface area contributed by atoms with Crippen LogP contribution in [0.2, 0.25) is 0 Å². The highest BCUT2D eigenvalue weighted by Crippen LogP contribution is 2.29. The second kappa shape index (κ2) is 6.69. The lowest BCUT2D eigenvalue weighted by Gasteiger charge is -2.25. The summed E-state index contributed by atoms with van der Waals surface area (Å²) in [4.78, 5) is 0. The van der Waals surface area contributed by atoms with Crippen LogP contribution >= 0.6 is 0 Å². The Labute approximate surface area is 123 Å². The van der Waals surface area contributed by atoms with Crippen LogP contribution in [0.4, 0.5) is 13.2 Å². The van der Waals surface area contributed by atoms with Crippen LogP contribution in [0.5, 0.6) is 5.75 Å². The molecule has 0 saturated heterocycles. The Morgan fingerprint density at radius 3 is 2.19 bits per heavy atom. The zero-order chi connectivity index (χ0) is 15.5. The Hall–Kier alpha value is -1.23. The van der Waals surface area contributed by atoms with Crippen LogP contribution in [0.1, 0.15) is 51.1 Å². The third-order valence-corrected chi connectivity index (χ3v) is 4.23. The molecular formula is C16H22F3NO. The molecule has 1 aromatic carbocycles. The molecular weight excluding hydrogens is 279 g/mol. The number of ether oxygens (including phenoxy) is 1. The number of benzene rings is 1. The van der Waals surface area contributed by atoms with Crippen molar-refractivity contribution in [2.45, 2.75) is 58.0 Å². The van der Waals surface area contributed by atoms with E-state index in [0.717, 1.165) is 5.56 Å². The summed E-state index contributed by atoms with van der Waals surface area (Å²) in [6.45, 7) is 4.22. The van der Waals surface area contributed by atoms with Gasteiger partial charge in [0.05, 0.1) is 0 Å². The number of rotatable bonds is 5. The van der Waals surface area contributed by atoms with Gasteiger partial charge < -0.3 is 10.1 Å². The van der Waals surface area contributed by atoms with E-state index in [4.69, 9.17) is 0 Å². The first-order valence-electron chi connectivity index (χ1n) is 7.47. The summed E-state index contributed by atoms with van der Waals surface area (Å²) >= 11 is 0. The Morgan fingerprint density at radius 2 is 1.67 bits per heavy atom. The van der Waals surface area contributed by atoms with E-state index in [-0.39, 0.29) is 11.8 Å². The average Bonchev–Trinajstić information content (AvgIpc) is 2.91. The van der Waals surface area contributed by atoms with Crippen LogP contribution < -0.4 is 10.1 Å². The van der Waals surface area contributed by atoms with Crippen molar-refractivity contribution in [3.63, 3.8) is 0 Å². The predicted octanol–water partition coefficient (Wildman–Crippen LogP) is 4.81. The molecule has 2 atom stereocenters. The molecule has 2 rings (SSSR count). The molecule has 1 aliphatic carbocycles. The zero-order valence-electron chi connectivity index (χ0n) is 12.4. The average molecular weight is 301 g/mol. The smallest absolute Gasteiger partial charge is 0.406 e. The van der Waals surface area contributed by atoms with E-state index >= 15 is 0 Å². The molecule has 0 amide bonds. The van der Waals surface area contributed by atoms with Gasteiger partial charge in [0.15, 0.2) is 0 Å². The molecule has 5 heteroatoms. The first-order valence-corrected chi connectivity index (χ1v) is 7.47. The van der Waals surface area contributed by atoms with E-state index in [2.05, 4.69) is 17.0 Å². The third-order valence-electron chi connectivity index (χ3n) is 4.23. The quantitative estimate of drug-likeness (QED) is 0.842. The predicted molar refractivity (Wildman–Crippen MR) is 76.1 cm³/mol. The van der Waals surface area contributed by atoms with E-state index in [1.54, 1.807) is 12.1 Å². The standard InChI is InChI=1S/C16H22F3NO/c1-11(13-5-3-4-6-13)20-12(2)14-7-9-15(10-8-14)21-16(17,18)19/h7-13,20H,3-6H2,1-2H3/t11-,12?/m1/s1. The fourth-order valence-electron chi connectivity index (χ4n) is 3.04. The molecule has 21 heavy (non-hydrogen) atoms. The van der Waals surface area contributed by atoms with Crippen molar-refractivity contribution in [1.29, 1.82) is 0 Å². The first kappa shape index (κ1) is 16.1. The number of hydrogen-bond donors (Lipinski definition) is 1. The van der Waals surface area contributed by atoms with Gasteiger partial charge in [0.25, 0.3) is 0 Å². The normalized spacial score (nSPS) is 19.5. The van der Waals surface area contributed by atoms with E-state index < -0.39 is 6.36 Å². The summed E-state index contributed by atoms with van der Waals surface area (Å²) in [5.41, 5.74) is 0.967. The maximum atomic E-state index is 12.1. The van der Waals surface area contributed by atoms with Crippen molar-refractivity contribution in [2.75, 3.05) is 0 Å². The summed E-state index contributed by atoms with van der Waals surface area (Å²) in [5.74, 6) is 0.530. The Kier molecular flexibility index (Phi) is 5.14. The van der Waals surface area contributed by atoms with Crippen LogP contribution in [0.3, 0.4) is 0 Å². The van der Waals surface area contributed by atoms with E-state index in [0.29, 0.717) is 12.0 Å². The number of nitrogens with one attached hydrogen (secondary N) is 1. The molecule has 0 radical (unpaired) electrons. The van der Waals surface area contributed by atoms with Crippen molar-refractivity contribution in [1.82, 2.24) is 5.32 Å². The fourth-order valence-corrected chi connectivity index (χ4v) is 3.04. The lowest BCUT2D eigenvalue weighted by atomic mass is 9.98. The van der Waals surface area contributed by atoms with Gasteiger partial charge in [-0.05, 0) is 50.3 Å². The highest BCUT2D eigenvalue weighted by atomic mass is 19.4. The van der Waals surface area contributed by atoms with Crippen molar-refractivity contribution in [3.05, 3.63) is 29.8 Å². The zero-order valence-corrected chi connectivity index (χ0v) is 12.4. The van der Waals surface area contributed by atoms with E-state index in [1.807, 2.05) is 6.92 Å². The highest BCUT2D eigenvalue weighted by molar-refractivity contribution is 5.29. The summed E-state index contributed by atoms with van der Waals surface area (Å²) in [5, 5.41) is 3.54. The Balaban J connectivity index is 1.91. The molecule has 0 spiro atoms. The van der Waals surface area contributed by atoms with Crippen LogP contribution in [0.15, 0.2) is 24.3 Å². The largest absolute Gasteiger partial charge is 0.573 e. The van der Waals surface area contributed by atoms with Gasteiger partial charge in [-0.25, -0.2) is 0 Å². The van der Waals surface area contributed by atoms with Crippen molar-refractivity contribution < 1.29 is 17.9 Å².